The van der Waals surface area contributed by atoms with Crippen LogP contribution in [0.3, 0.4) is 0 Å². The van der Waals surface area contributed by atoms with Gasteiger partial charge in [-0.3, -0.25) is 4.90 Å². The Morgan fingerprint density at radius 1 is 1.02 bits per heavy atom. The number of alkyl halides is 3. The van der Waals surface area contributed by atoms with Crippen molar-refractivity contribution in [3.05, 3.63) is 94.5 Å². The van der Waals surface area contributed by atoms with Crippen molar-refractivity contribution in [3.63, 3.8) is 0 Å². The monoisotopic (exact) mass is 719 g/mol. The van der Waals surface area contributed by atoms with Gasteiger partial charge in [0.25, 0.3) is 0 Å². The van der Waals surface area contributed by atoms with Crippen LogP contribution in [-0.4, -0.2) is 67.5 Å². The van der Waals surface area contributed by atoms with Crippen LogP contribution >= 0.6 is 23.1 Å². The lowest BCUT2D eigenvalue weighted by atomic mass is 10.1. The highest BCUT2D eigenvalue weighted by atomic mass is 32.2. The summed E-state index contributed by atoms with van der Waals surface area (Å²) in [4.78, 5) is 21.2. The summed E-state index contributed by atoms with van der Waals surface area (Å²) in [6.07, 6.45) is -5.18. The Morgan fingerprint density at radius 2 is 1.71 bits per heavy atom. The lowest BCUT2D eigenvalue weighted by molar-refractivity contribution is -0.150. The predicted octanol–water partition coefficient (Wildman–Crippen LogP) is 7.27. The molecule has 0 radical (unpaired) electrons. The number of thioether (sulfide) groups is 1. The Labute approximate surface area is 286 Å². The van der Waals surface area contributed by atoms with Gasteiger partial charge in [0.1, 0.15) is 10.8 Å². The van der Waals surface area contributed by atoms with Gasteiger partial charge in [0.2, 0.25) is 10.0 Å². The molecule has 2 heterocycles. The van der Waals surface area contributed by atoms with E-state index in [1.165, 1.54) is 27.8 Å². The Morgan fingerprint density at radius 3 is 2.33 bits per heavy atom. The molecule has 1 aromatic heterocycles. The summed E-state index contributed by atoms with van der Waals surface area (Å²) in [5.74, 6) is 0.710. The molecule has 1 aliphatic rings. The molecular formula is C34H36F3N3O5S3. The fourth-order valence-electron chi connectivity index (χ4n) is 5.12. The molecule has 0 spiro atoms. The molecule has 1 atom stereocenters. The van der Waals surface area contributed by atoms with E-state index in [4.69, 9.17) is 14.5 Å². The quantitative estimate of drug-likeness (QED) is 0.112. The number of rotatable bonds is 12. The minimum Gasteiger partial charge on any atom is -0.479 e. The molecule has 4 aromatic rings. The second-order valence-electron chi connectivity index (χ2n) is 11.2. The first-order chi connectivity index (χ1) is 22.8. The summed E-state index contributed by atoms with van der Waals surface area (Å²) in [5, 5.41) is 0.618. The topological polar surface area (TPSA) is 89.0 Å². The largest absolute Gasteiger partial charge is 0.479 e. The third-order valence-electron chi connectivity index (χ3n) is 7.76. The zero-order valence-corrected chi connectivity index (χ0v) is 29.1. The van der Waals surface area contributed by atoms with Gasteiger partial charge in [-0.1, -0.05) is 30.3 Å². The second-order valence-corrected chi connectivity index (χ2v) is 15.3. The molecule has 1 saturated heterocycles. The van der Waals surface area contributed by atoms with Crippen molar-refractivity contribution < 1.29 is 35.9 Å². The number of benzene rings is 3. The number of esters is 1. The minimum atomic E-state index is -4.43. The first-order valence-corrected chi connectivity index (χ1v) is 18.6. The summed E-state index contributed by atoms with van der Waals surface area (Å²) in [7, 11) is -3.59. The summed E-state index contributed by atoms with van der Waals surface area (Å²) in [6, 6.07) is 19.1. The van der Waals surface area contributed by atoms with Crippen LogP contribution in [0, 0.1) is 6.92 Å². The van der Waals surface area contributed by atoms with E-state index in [1.807, 2.05) is 25.1 Å². The van der Waals surface area contributed by atoms with Crippen LogP contribution in [0.15, 0.2) is 82.6 Å². The van der Waals surface area contributed by atoms with Crippen LogP contribution in [-0.2, 0) is 38.0 Å². The molecule has 48 heavy (non-hydrogen) atoms. The average molecular weight is 720 g/mol. The van der Waals surface area contributed by atoms with Gasteiger partial charge in [0.05, 0.1) is 22.8 Å². The van der Waals surface area contributed by atoms with E-state index in [0.29, 0.717) is 54.8 Å². The number of carbonyl (C=O) groups is 1. The van der Waals surface area contributed by atoms with Crippen LogP contribution < -0.4 is 4.74 Å². The van der Waals surface area contributed by atoms with Crippen LogP contribution in [0.4, 0.5) is 13.2 Å². The standard InChI is InChI=1S/C34H36F3N3O5S3/c1-4-44-33(41)24(3)45-30-15-14-27(20-23(30)2)46-22-31-29(38-32(47-31)25-10-12-26(13-11-25)34(35,36)37)21-39-16-18-40(19-17-39)48(42,43)28-8-6-5-7-9-28/h5-15,20,24H,4,16-19,21-22H2,1-3H3. The highest BCUT2D eigenvalue weighted by molar-refractivity contribution is 7.98. The van der Waals surface area contributed by atoms with Crippen molar-refractivity contribution in [2.45, 2.75) is 55.1 Å². The number of hydrogen-bond acceptors (Lipinski definition) is 9. The van der Waals surface area contributed by atoms with Crippen LogP contribution in [0.5, 0.6) is 5.75 Å². The Hall–Kier alpha value is -3.43. The van der Waals surface area contributed by atoms with E-state index in [0.717, 1.165) is 33.2 Å². The zero-order valence-electron chi connectivity index (χ0n) is 26.7. The number of piperazine rings is 1. The van der Waals surface area contributed by atoms with E-state index in [9.17, 15) is 26.4 Å². The van der Waals surface area contributed by atoms with E-state index < -0.39 is 33.8 Å². The number of ether oxygens (including phenoxy) is 2. The molecule has 256 valence electrons. The summed E-state index contributed by atoms with van der Waals surface area (Å²) in [6.45, 7) is 7.71. The smallest absolute Gasteiger partial charge is 0.416 e. The van der Waals surface area contributed by atoms with Crippen LogP contribution in [0.2, 0.25) is 0 Å². The molecule has 8 nitrogen and oxygen atoms in total. The molecule has 5 rings (SSSR count). The minimum absolute atomic E-state index is 0.266. The van der Waals surface area contributed by atoms with Crippen molar-refractivity contribution in [3.8, 4) is 16.3 Å². The van der Waals surface area contributed by atoms with E-state index in [-0.39, 0.29) is 11.5 Å². The first-order valence-electron chi connectivity index (χ1n) is 15.4. The SMILES string of the molecule is CCOC(=O)C(C)Oc1ccc(SCc2sc(-c3ccc(C(F)(F)F)cc3)nc2CN2CCN(S(=O)(=O)c3ccccc3)CC2)cc1C. The molecule has 1 fully saturated rings. The molecule has 0 saturated carbocycles. The molecule has 0 bridgehead atoms. The van der Waals surface area contributed by atoms with E-state index in [1.54, 1.807) is 55.9 Å². The summed E-state index contributed by atoms with van der Waals surface area (Å²) < 4.78 is 78.2. The van der Waals surface area contributed by atoms with Gasteiger partial charge >= 0.3 is 12.1 Å². The highest BCUT2D eigenvalue weighted by Crippen LogP contribution is 2.37. The van der Waals surface area contributed by atoms with Crippen molar-refractivity contribution in [1.29, 1.82) is 0 Å². The third-order valence-corrected chi connectivity index (χ3v) is 12.0. The van der Waals surface area contributed by atoms with Gasteiger partial charge < -0.3 is 9.47 Å². The average Bonchev–Trinajstić information content (AvgIpc) is 3.47. The molecular weight excluding hydrogens is 684 g/mol. The molecule has 3 aromatic carbocycles. The maximum Gasteiger partial charge on any atom is 0.416 e. The van der Waals surface area contributed by atoms with Crippen molar-refractivity contribution in [2.24, 2.45) is 0 Å². The van der Waals surface area contributed by atoms with E-state index >= 15 is 0 Å². The number of sulfonamides is 1. The number of aryl methyl sites for hydroxylation is 1. The van der Waals surface area contributed by atoms with Gasteiger partial charge in [0.15, 0.2) is 6.10 Å². The number of nitrogens with zero attached hydrogens (tertiary/aromatic N) is 3. The molecule has 1 aliphatic heterocycles. The highest BCUT2D eigenvalue weighted by Gasteiger charge is 2.31. The number of halogens is 3. The maximum absolute atomic E-state index is 13.2. The number of hydrogen-bond donors (Lipinski definition) is 0. The van der Waals surface area contributed by atoms with Crippen molar-refractivity contribution in [1.82, 2.24) is 14.2 Å². The molecule has 1 unspecified atom stereocenters. The van der Waals surface area contributed by atoms with Crippen LogP contribution in [0.1, 0.15) is 35.5 Å². The van der Waals surface area contributed by atoms with Crippen molar-refractivity contribution in [2.75, 3.05) is 32.8 Å². The van der Waals surface area contributed by atoms with Crippen LogP contribution in [0.25, 0.3) is 10.6 Å². The fraction of sp³-hybridized carbons (Fsp3) is 0.353. The Balaban J connectivity index is 1.31. The van der Waals surface area contributed by atoms with E-state index in [2.05, 4.69) is 4.90 Å². The second kappa shape index (κ2) is 15.4. The fourth-order valence-corrected chi connectivity index (χ4v) is 8.73. The van der Waals surface area contributed by atoms with Gasteiger partial charge in [0, 0.05) is 53.8 Å². The Bertz CT molecular complexity index is 1810. The molecule has 14 heteroatoms. The Kier molecular flexibility index (Phi) is 11.5. The number of aromatic nitrogens is 1. The zero-order chi connectivity index (χ0) is 34.5. The summed E-state index contributed by atoms with van der Waals surface area (Å²) >= 11 is 3.03. The molecule has 0 N–H and O–H groups in total. The van der Waals surface area contributed by atoms with Crippen molar-refractivity contribution >= 4 is 39.1 Å². The predicted molar refractivity (Wildman–Crippen MR) is 180 cm³/mol. The lowest BCUT2D eigenvalue weighted by Crippen LogP contribution is -2.48. The maximum atomic E-state index is 13.2. The molecule has 0 amide bonds. The molecule has 0 aliphatic carbocycles. The van der Waals surface area contributed by atoms with Gasteiger partial charge in [-0.05, 0) is 68.8 Å². The van der Waals surface area contributed by atoms with Gasteiger partial charge in [-0.15, -0.1) is 23.1 Å². The summed E-state index contributed by atoms with van der Waals surface area (Å²) in [5.41, 5.74) is 1.54. The first kappa shape index (κ1) is 35.9. The number of carbonyl (C=O) groups excluding carboxylic acids is 1. The third kappa shape index (κ3) is 8.77. The van der Waals surface area contributed by atoms with Gasteiger partial charge in [-0.25, -0.2) is 18.2 Å². The lowest BCUT2D eigenvalue weighted by Gasteiger charge is -2.33. The normalized spacial score (nSPS) is 15.3. The number of thiazole rings is 1. The van der Waals surface area contributed by atoms with Gasteiger partial charge in [-0.2, -0.15) is 17.5 Å².